The Balaban J connectivity index is 0.00000200. The van der Waals surface area contributed by atoms with Crippen molar-refractivity contribution in [2.24, 2.45) is 0 Å². The molecule has 6 heteroatoms. The van der Waals surface area contributed by atoms with Crippen LogP contribution in [0.15, 0.2) is 17.6 Å². The molecule has 2 aromatic heterocycles. The van der Waals surface area contributed by atoms with E-state index in [9.17, 15) is 0 Å². The molecule has 3 N–H and O–H groups in total. The van der Waals surface area contributed by atoms with Crippen molar-refractivity contribution in [1.82, 2.24) is 4.98 Å². The van der Waals surface area contributed by atoms with Gasteiger partial charge in [-0.3, -0.25) is 0 Å². The van der Waals surface area contributed by atoms with E-state index in [1.165, 1.54) is 10.6 Å². The van der Waals surface area contributed by atoms with Crippen LogP contribution >= 0.6 is 11.3 Å². The number of nitrogens with zero attached hydrogens (tertiary/aromatic N) is 2. The van der Waals surface area contributed by atoms with E-state index in [-0.39, 0.29) is 19.0 Å². The molecule has 0 amide bonds. The Bertz CT molecular complexity index is 572. The maximum Gasteiger partial charge on any atom is 0.225 e. The Morgan fingerprint density at radius 3 is 2.75 bits per heavy atom. The van der Waals surface area contributed by atoms with Crippen LogP contribution in [0.1, 0.15) is 28.8 Å². The van der Waals surface area contributed by atoms with Gasteiger partial charge in [0.2, 0.25) is 5.51 Å². The first-order valence-corrected chi connectivity index (χ1v) is 7.35. The van der Waals surface area contributed by atoms with Gasteiger partial charge in [0.05, 0.1) is 10.4 Å². The maximum atomic E-state index is 9.08. The summed E-state index contributed by atoms with van der Waals surface area (Å²) in [7, 11) is 0. The molecule has 0 atom stereocenters. The number of nitrogen functional groups attached to an aromatic ring is 1. The summed E-state index contributed by atoms with van der Waals surface area (Å²) in [6.07, 6.45) is 1.68. The number of hydrogen-bond acceptors (Lipinski definition) is 4. The third-order valence-electron chi connectivity index (χ3n) is 3.16. The minimum absolute atomic E-state index is 0. The van der Waals surface area contributed by atoms with Gasteiger partial charge < -0.3 is 23.2 Å². The number of aryl methyl sites for hydroxylation is 1. The zero-order valence-electron chi connectivity index (χ0n) is 11.8. The zero-order chi connectivity index (χ0) is 13.8. The lowest BCUT2D eigenvalue weighted by Gasteiger charge is -2.03. The van der Waals surface area contributed by atoms with E-state index in [2.05, 4.69) is 22.0 Å². The number of aliphatic hydroxyl groups excluding tert-OH is 1. The van der Waals surface area contributed by atoms with Gasteiger partial charge >= 0.3 is 0 Å². The first-order valence-electron chi connectivity index (χ1n) is 6.47. The molecule has 2 aromatic rings. The molecule has 0 aliphatic carbocycles. The highest BCUT2D eigenvalue weighted by Gasteiger charge is 2.18. The van der Waals surface area contributed by atoms with E-state index in [0.29, 0.717) is 5.82 Å². The predicted octanol–water partition coefficient (Wildman–Crippen LogP) is -1.53. The Labute approximate surface area is 129 Å². The third-order valence-corrected chi connectivity index (χ3v) is 4.24. The Kier molecular flexibility index (Phi) is 6.39. The molecule has 4 nitrogen and oxygen atoms in total. The Hall–Kier alpha value is -1.17. The van der Waals surface area contributed by atoms with Crippen molar-refractivity contribution in [1.29, 1.82) is 0 Å². The summed E-state index contributed by atoms with van der Waals surface area (Å²) in [5, 5.41) is 9.08. The van der Waals surface area contributed by atoms with Gasteiger partial charge in [-0.05, 0) is 19.1 Å². The van der Waals surface area contributed by atoms with E-state index in [1.54, 1.807) is 11.3 Å². The molecule has 2 heterocycles. The van der Waals surface area contributed by atoms with Crippen molar-refractivity contribution in [2.75, 3.05) is 12.3 Å². The fourth-order valence-corrected chi connectivity index (χ4v) is 3.24. The number of thiazole rings is 1. The zero-order valence-corrected chi connectivity index (χ0v) is 13.3. The number of nitrogens with two attached hydrogens (primary N) is 1. The highest BCUT2D eigenvalue weighted by molar-refractivity contribution is 7.09. The van der Waals surface area contributed by atoms with Crippen LogP contribution in [0.4, 0.5) is 5.82 Å². The van der Waals surface area contributed by atoms with Crippen molar-refractivity contribution in [2.45, 2.75) is 33.2 Å². The van der Waals surface area contributed by atoms with E-state index in [4.69, 9.17) is 10.8 Å². The summed E-state index contributed by atoms with van der Waals surface area (Å²) in [4.78, 5) is 5.55. The molecule has 0 aliphatic rings. The molecule has 0 bridgehead atoms. The number of pyridine rings is 1. The fourth-order valence-electron chi connectivity index (χ4n) is 2.18. The molecule has 20 heavy (non-hydrogen) atoms. The summed E-state index contributed by atoms with van der Waals surface area (Å²) < 4.78 is 2.21. The van der Waals surface area contributed by atoms with Gasteiger partial charge in [0.25, 0.3) is 0 Å². The predicted molar refractivity (Wildman–Crippen MR) is 77.2 cm³/mol. The molecule has 0 saturated heterocycles. The number of aliphatic hydroxyl groups is 1. The van der Waals surface area contributed by atoms with Crippen molar-refractivity contribution < 1.29 is 22.1 Å². The summed E-state index contributed by atoms with van der Waals surface area (Å²) in [6, 6.07) is 4.02. The molecule has 0 unspecified atom stereocenters. The van der Waals surface area contributed by atoms with Crippen LogP contribution < -0.4 is 22.7 Å². The molecule has 0 aromatic carbocycles. The Morgan fingerprint density at radius 1 is 1.40 bits per heavy atom. The van der Waals surface area contributed by atoms with Crippen LogP contribution in [-0.2, 0) is 19.4 Å². The lowest BCUT2D eigenvalue weighted by Crippen LogP contribution is -3.00. The second-order valence-corrected chi connectivity index (χ2v) is 5.48. The SMILES string of the molecule is CCc1c(CCO)sc[n+]1Cc1ccc(C)nc1N.[Cl-]. The van der Waals surface area contributed by atoms with Crippen LogP contribution in [0.2, 0.25) is 0 Å². The second-order valence-electron chi connectivity index (χ2n) is 4.55. The summed E-state index contributed by atoms with van der Waals surface area (Å²) >= 11 is 1.70. The molecular formula is C14H20ClN3OS. The highest BCUT2D eigenvalue weighted by Crippen LogP contribution is 2.15. The van der Waals surface area contributed by atoms with E-state index in [1.807, 2.05) is 19.1 Å². The molecule has 0 radical (unpaired) electrons. The minimum atomic E-state index is 0. The smallest absolute Gasteiger partial charge is 0.225 e. The molecule has 2 rings (SSSR count). The number of hydrogen-bond donors (Lipinski definition) is 2. The normalized spacial score (nSPS) is 10.3. The minimum Gasteiger partial charge on any atom is -1.00 e. The standard InChI is InChI=1S/C14H20N3OS.ClH/c1-3-12-13(6-7-18)19-9-17(12)8-11-5-4-10(2)16-14(11)15;/h4-5,9,18H,3,6-8H2,1-2H3,(H2,15,16);1H/q+1;/p-1. The lowest BCUT2D eigenvalue weighted by molar-refractivity contribution is -0.690. The topological polar surface area (TPSA) is 63.0 Å². The van der Waals surface area contributed by atoms with Gasteiger partial charge in [0.1, 0.15) is 5.82 Å². The monoisotopic (exact) mass is 313 g/mol. The van der Waals surface area contributed by atoms with Gasteiger partial charge in [-0.1, -0.05) is 18.3 Å². The second kappa shape index (κ2) is 7.57. The summed E-state index contributed by atoms with van der Waals surface area (Å²) in [5.41, 5.74) is 11.3. The van der Waals surface area contributed by atoms with Crippen LogP contribution in [0.5, 0.6) is 0 Å². The number of halogens is 1. The summed E-state index contributed by atoms with van der Waals surface area (Å²) in [5.74, 6) is 0.601. The van der Waals surface area contributed by atoms with Gasteiger partial charge in [-0.2, -0.15) is 4.57 Å². The molecule has 0 aliphatic heterocycles. The van der Waals surface area contributed by atoms with Crippen molar-refractivity contribution >= 4 is 17.2 Å². The van der Waals surface area contributed by atoms with E-state index in [0.717, 1.165) is 30.6 Å². The van der Waals surface area contributed by atoms with Crippen molar-refractivity contribution in [3.8, 4) is 0 Å². The first kappa shape index (κ1) is 16.9. The third kappa shape index (κ3) is 3.69. The number of rotatable bonds is 5. The van der Waals surface area contributed by atoms with Gasteiger partial charge in [0, 0.05) is 25.1 Å². The largest absolute Gasteiger partial charge is 1.00 e. The maximum absolute atomic E-state index is 9.08. The van der Waals surface area contributed by atoms with Gasteiger partial charge in [0.15, 0.2) is 12.2 Å². The number of anilines is 1. The van der Waals surface area contributed by atoms with Crippen LogP contribution in [0.3, 0.4) is 0 Å². The highest BCUT2D eigenvalue weighted by atomic mass is 35.5. The fraction of sp³-hybridized carbons (Fsp3) is 0.429. The van der Waals surface area contributed by atoms with E-state index < -0.39 is 0 Å². The van der Waals surface area contributed by atoms with Gasteiger partial charge in [-0.25, -0.2) is 4.98 Å². The molecule has 0 saturated carbocycles. The van der Waals surface area contributed by atoms with Crippen LogP contribution in [-0.4, -0.2) is 16.7 Å². The van der Waals surface area contributed by atoms with Crippen molar-refractivity contribution in [3.05, 3.63) is 39.5 Å². The Morgan fingerprint density at radius 2 is 2.15 bits per heavy atom. The molecule has 110 valence electrons. The molecular weight excluding hydrogens is 294 g/mol. The van der Waals surface area contributed by atoms with Crippen LogP contribution in [0, 0.1) is 6.92 Å². The van der Waals surface area contributed by atoms with Crippen LogP contribution in [0.25, 0.3) is 0 Å². The first-order chi connectivity index (χ1) is 9.15. The average Bonchev–Trinajstić information content (AvgIpc) is 2.75. The molecule has 0 spiro atoms. The average molecular weight is 314 g/mol. The van der Waals surface area contributed by atoms with E-state index >= 15 is 0 Å². The lowest BCUT2D eigenvalue weighted by atomic mass is 10.2. The van der Waals surface area contributed by atoms with Gasteiger partial charge in [-0.15, -0.1) is 0 Å². The molecule has 0 fully saturated rings. The summed E-state index contributed by atoms with van der Waals surface area (Å²) in [6.45, 7) is 5.01. The number of aromatic nitrogens is 2. The quantitative estimate of drug-likeness (QED) is 0.659. The van der Waals surface area contributed by atoms with Crippen molar-refractivity contribution in [3.63, 3.8) is 0 Å².